The molecule has 21 heavy (non-hydrogen) atoms. The molecule has 1 fully saturated rings. The van der Waals surface area contributed by atoms with E-state index in [-0.39, 0.29) is 24.9 Å². The first-order valence-corrected chi connectivity index (χ1v) is 7.31. The summed E-state index contributed by atoms with van der Waals surface area (Å²) in [7, 11) is 1.52. The van der Waals surface area contributed by atoms with Gasteiger partial charge in [-0.15, -0.1) is 12.4 Å². The van der Waals surface area contributed by atoms with Crippen LogP contribution in [0.5, 0.6) is 0 Å². The first kappa shape index (κ1) is 17.9. The van der Waals surface area contributed by atoms with E-state index in [4.69, 9.17) is 10.5 Å². The molecular weight excluding hydrogens is 292 g/mol. The van der Waals surface area contributed by atoms with Crippen molar-refractivity contribution in [3.05, 3.63) is 11.8 Å². The summed E-state index contributed by atoms with van der Waals surface area (Å²) in [5.41, 5.74) is 6.78. The van der Waals surface area contributed by atoms with Crippen LogP contribution in [0.1, 0.15) is 50.1 Å². The van der Waals surface area contributed by atoms with Gasteiger partial charge in [-0.05, 0) is 12.8 Å². The fourth-order valence-electron chi connectivity index (χ4n) is 2.67. The maximum Gasteiger partial charge on any atom is 0.244 e. The van der Waals surface area contributed by atoms with E-state index < -0.39 is 6.04 Å². The Balaban J connectivity index is 0.00000220. The van der Waals surface area contributed by atoms with Crippen LogP contribution < -0.4 is 11.1 Å². The fraction of sp³-hybridized carbons (Fsp3) is 0.714. The Morgan fingerprint density at radius 2 is 2.14 bits per heavy atom. The maximum atomic E-state index is 11.8. The van der Waals surface area contributed by atoms with Gasteiger partial charge in [0.25, 0.3) is 0 Å². The number of hydrogen-bond donors (Lipinski definition) is 3. The van der Waals surface area contributed by atoms with Gasteiger partial charge in [0.2, 0.25) is 5.91 Å². The Labute approximate surface area is 131 Å². The fourth-order valence-corrected chi connectivity index (χ4v) is 2.67. The lowest BCUT2D eigenvalue weighted by Gasteiger charge is -2.10. The van der Waals surface area contributed by atoms with Crippen LogP contribution in [-0.4, -0.2) is 35.9 Å². The molecule has 1 unspecified atom stereocenters. The molecule has 1 saturated carbocycles. The number of halogens is 1. The number of nitrogens with two attached hydrogens (primary N) is 1. The molecule has 1 aromatic rings. The number of aromatic nitrogens is 2. The van der Waals surface area contributed by atoms with Gasteiger partial charge < -0.3 is 15.8 Å². The normalized spacial score (nSPS) is 17.6. The zero-order valence-electron chi connectivity index (χ0n) is 12.4. The number of carbonyl (C=O) groups is 1. The largest absolute Gasteiger partial charge is 0.383 e. The lowest BCUT2D eigenvalue weighted by atomic mass is 9.97. The summed E-state index contributed by atoms with van der Waals surface area (Å²) in [6.45, 7) is 0.200. The van der Waals surface area contributed by atoms with Gasteiger partial charge in [0.1, 0.15) is 6.04 Å². The Hall–Kier alpha value is -1.11. The summed E-state index contributed by atoms with van der Waals surface area (Å²) in [6, 6.07) is 1.26. The molecular formula is C14H25ClN4O2. The molecule has 1 aliphatic carbocycles. The molecule has 0 aromatic carbocycles. The lowest BCUT2D eigenvalue weighted by molar-refractivity contribution is -0.118. The Bertz CT molecular complexity index is 430. The summed E-state index contributed by atoms with van der Waals surface area (Å²) in [5.74, 6) is 0.801. The Morgan fingerprint density at radius 1 is 1.48 bits per heavy atom. The predicted octanol–water partition coefficient (Wildman–Crippen LogP) is 2.18. The smallest absolute Gasteiger partial charge is 0.244 e. The molecule has 6 nitrogen and oxygen atoms in total. The number of carbonyl (C=O) groups excluding carboxylic acids is 1. The van der Waals surface area contributed by atoms with E-state index in [1.165, 1.54) is 45.6 Å². The second kappa shape index (κ2) is 9.02. The van der Waals surface area contributed by atoms with Crippen LogP contribution in [0.4, 0.5) is 5.82 Å². The lowest BCUT2D eigenvalue weighted by Crippen LogP contribution is -2.39. The van der Waals surface area contributed by atoms with Crippen LogP contribution in [-0.2, 0) is 9.53 Å². The minimum Gasteiger partial charge on any atom is -0.383 e. The topological polar surface area (TPSA) is 93.0 Å². The van der Waals surface area contributed by atoms with Crippen LogP contribution in [0.3, 0.4) is 0 Å². The molecule has 4 N–H and O–H groups in total. The van der Waals surface area contributed by atoms with Crippen molar-refractivity contribution < 1.29 is 9.53 Å². The molecule has 0 aliphatic heterocycles. The third-order valence-electron chi connectivity index (χ3n) is 3.83. The van der Waals surface area contributed by atoms with Gasteiger partial charge in [-0.25, -0.2) is 0 Å². The van der Waals surface area contributed by atoms with Gasteiger partial charge in [0.05, 0.1) is 6.61 Å². The quantitative estimate of drug-likeness (QED) is 0.726. The molecule has 1 heterocycles. The van der Waals surface area contributed by atoms with Gasteiger partial charge in [0, 0.05) is 24.8 Å². The molecule has 0 bridgehead atoms. The maximum absolute atomic E-state index is 11.8. The molecule has 0 radical (unpaired) electrons. The number of aromatic amines is 1. The Kier molecular flexibility index (Phi) is 7.71. The average molecular weight is 317 g/mol. The van der Waals surface area contributed by atoms with Crippen molar-refractivity contribution in [2.45, 2.75) is 50.5 Å². The third-order valence-corrected chi connectivity index (χ3v) is 3.83. The van der Waals surface area contributed by atoms with E-state index in [1.807, 2.05) is 6.07 Å². The molecule has 0 saturated heterocycles. The highest BCUT2D eigenvalue weighted by Gasteiger charge is 2.18. The first-order valence-electron chi connectivity index (χ1n) is 7.31. The van der Waals surface area contributed by atoms with Crippen LogP contribution in [0.2, 0.25) is 0 Å². The van der Waals surface area contributed by atoms with Gasteiger partial charge in [-0.2, -0.15) is 5.10 Å². The molecule has 1 amide bonds. The van der Waals surface area contributed by atoms with E-state index in [9.17, 15) is 4.79 Å². The van der Waals surface area contributed by atoms with Crippen molar-refractivity contribution in [2.24, 2.45) is 5.73 Å². The Morgan fingerprint density at radius 3 is 2.76 bits per heavy atom. The number of nitrogens with one attached hydrogen (secondary N) is 2. The molecule has 1 aromatic heterocycles. The summed E-state index contributed by atoms with van der Waals surface area (Å²) >= 11 is 0. The minimum atomic E-state index is -0.668. The molecule has 120 valence electrons. The number of hydrogen-bond acceptors (Lipinski definition) is 4. The summed E-state index contributed by atoms with van der Waals surface area (Å²) in [6.07, 6.45) is 7.56. The van der Waals surface area contributed by atoms with E-state index >= 15 is 0 Å². The van der Waals surface area contributed by atoms with Gasteiger partial charge in [-0.3, -0.25) is 9.89 Å². The first-order chi connectivity index (χ1) is 9.70. The van der Waals surface area contributed by atoms with E-state index in [2.05, 4.69) is 15.5 Å². The number of nitrogens with zero attached hydrogens (tertiary/aromatic N) is 1. The second-order valence-electron chi connectivity index (χ2n) is 5.45. The van der Waals surface area contributed by atoms with Crippen LogP contribution in [0.15, 0.2) is 6.07 Å². The van der Waals surface area contributed by atoms with Crippen molar-refractivity contribution in [3.63, 3.8) is 0 Å². The monoisotopic (exact) mass is 316 g/mol. The van der Waals surface area contributed by atoms with E-state index in [0.717, 1.165) is 5.69 Å². The zero-order valence-corrected chi connectivity index (χ0v) is 13.2. The molecule has 0 spiro atoms. The number of methoxy groups -OCH3 is 1. The number of ether oxygens (including phenoxy) is 1. The standard InChI is InChI=1S/C14H24N4O2.ClH/c1-20-9-11(15)14(19)16-13-8-12(17-18-13)10-6-4-2-3-5-7-10;/h8,10-11H,2-7,9,15H2,1H3,(H2,16,17,18,19);1H. The van der Waals surface area contributed by atoms with Crippen molar-refractivity contribution in [2.75, 3.05) is 19.0 Å². The number of amides is 1. The number of rotatable bonds is 5. The number of H-pyrrole nitrogens is 1. The van der Waals surface area contributed by atoms with Gasteiger partial charge >= 0.3 is 0 Å². The summed E-state index contributed by atoms with van der Waals surface area (Å²) in [5, 5.41) is 9.91. The highest BCUT2D eigenvalue weighted by Crippen LogP contribution is 2.31. The SMILES string of the molecule is COCC(N)C(=O)Nc1cc(C2CCCCCC2)[nH]n1.Cl. The van der Waals surface area contributed by atoms with Crippen LogP contribution >= 0.6 is 12.4 Å². The number of anilines is 1. The summed E-state index contributed by atoms with van der Waals surface area (Å²) in [4.78, 5) is 11.8. The van der Waals surface area contributed by atoms with Crippen molar-refractivity contribution in [3.8, 4) is 0 Å². The molecule has 7 heteroatoms. The second-order valence-corrected chi connectivity index (χ2v) is 5.45. The van der Waals surface area contributed by atoms with Crippen molar-refractivity contribution >= 4 is 24.1 Å². The van der Waals surface area contributed by atoms with Gasteiger partial charge in [0.15, 0.2) is 5.82 Å². The molecule has 1 atom stereocenters. The predicted molar refractivity (Wildman–Crippen MR) is 84.8 cm³/mol. The minimum absolute atomic E-state index is 0. The van der Waals surface area contributed by atoms with Crippen LogP contribution in [0.25, 0.3) is 0 Å². The molecule has 1 aliphatic rings. The highest BCUT2D eigenvalue weighted by atomic mass is 35.5. The van der Waals surface area contributed by atoms with Crippen LogP contribution in [0, 0.1) is 0 Å². The highest BCUT2D eigenvalue weighted by molar-refractivity contribution is 5.94. The van der Waals surface area contributed by atoms with E-state index in [1.54, 1.807) is 0 Å². The third kappa shape index (κ3) is 5.30. The van der Waals surface area contributed by atoms with Gasteiger partial charge in [-0.1, -0.05) is 25.7 Å². The van der Waals surface area contributed by atoms with E-state index in [0.29, 0.717) is 11.7 Å². The molecule has 2 rings (SSSR count). The average Bonchev–Trinajstić information content (AvgIpc) is 2.73. The summed E-state index contributed by atoms with van der Waals surface area (Å²) < 4.78 is 4.86. The zero-order chi connectivity index (χ0) is 14.4. The van der Waals surface area contributed by atoms with Crippen molar-refractivity contribution in [1.29, 1.82) is 0 Å². The van der Waals surface area contributed by atoms with Crippen molar-refractivity contribution in [1.82, 2.24) is 10.2 Å².